The lowest BCUT2D eigenvalue weighted by Crippen LogP contribution is -2.20. The van der Waals surface area contributed by atoms with E-state index < -0.39 is 0 Å². The molecule has 1 aliphatic rings. The van der Waals surface area contributed by atoms with Crippen LogP contribution < -0.4 is 14.8 Å². The fraction of sp³-hybridized carbons (Fsp3) is 0.391. The fourth-order valence-electron chi connectivity index (χ4n) is 3.58. The Balaban J connectivity index is 1.46. The van der Waals surface area contributed by atoms with E-state index in [1.165, 1.54) is 5.56 Å². The molecule has 1 aromatic heterocycles. The summed E-state index contributed by atoms with van der Waals surface area (Å²) in [6.07, 6.45) is 1.06. The van der Waals surface area contributed by atoms with Crippen LogP contribution >= 0.6 is 0 Å². The zero-order chi connectivity index (χ0) is 20.9. The summed E-state index contributed by atoms with van der Waals surface area (Å²) in [7, 11) is 6.26. The Kier molecular flexibility index (Phi) is 6.30. The standard InChI is InChI=1S/C23H29N5O2/c1-27(2)12-6-11-24-23-18-7-4-5-8-19(18)25-22(26-23)15-28(3)14-17-9-10-20-21(13-17)30-16-29-20/h4-5,7-10,13H,6,11-12,14-16H2,1-3H3,(H,24,25,26). The van der Waals surface area contributed by atoms with Gasteiger partial charge in [-0.1, -0.05) is 18.2 Å². The maximum absolute atomic E-state index is 5.49. The van der Waals surface area contributed by atoms with Crippen LogP contribution in [-0.4, -0.2) is 60.8 Å². The smallest absolute Gasteiger partial charge is 0.231 e. The van der Waals surface area contributed by atoms with Crippen molar-refractivity contribution >= 4 is 16.7 Å². The van der Waals surface area contributed by atoms with E-state index in [0.29, 0.717) is 13.3 Å². The van der Waals surface area contributed by atoms with Crippen LogP contribution in [0.3, 0.4) is 0 Å². The summed E-state index contributed by atoms with van der Waals surface area (Å²) in [4.78, 5) is 14.0. The van der Waals surface area contributed by atoms with E-state index in [1.54, 1.807) is 0 Å². The summed E-state index contributed by atoms with van der Waals surface area (Å²) in [5.41, 5.74) is 2.14. The van der Waals surface area contributed by atoms with Gasteiger partial charge in [-0.15, -0.1) is 0 Å². The average Bonchev–Trinajstić information content (AvgIpc) is 3.18. The Bertz CT molecular complexity index is 1010. The van der Waals surface area contributed by atoms with Crippen molar-refractivity contribution in [1.82, 2.24) is 19.8 Å². The molecule has 0 amide bonds. The molecule has 158 valence electrons. The molecule has 0 spiro atoms. The lowest BCUT2D eigenvalue weighted by Gasteiger charge is -2.18. The van der Waals surface area contributed by atoms with Gasteiger partial charge in [-0.3, -0.25) is 4.90 Å². The molecule has 0 radical (unpaired) electrons. The topological polar surface area (TPSA) is 62.8 Å². The summed E-state index contributed by atoms with van der Waals surface area (Å²) in [6.45, 7) is 3.65. The molecule has 0 unspecified atom stereocenters. The molecule has 0 saturated carbocycles. The van der Waals surface area contributed by atoms with Gasteiger partial charge in [-0.05, 0) is 63.9 Å². The van der Waals surface area contributed by atoms with Crippen molar-refractivity contribution in [2.45, 2.75) is 19.5 Å². The predicted octanol–water partition coefficient (Wildman–Crippen LogP) is 3.35. The Morgan fingerprint density at radius 1 is 0.967 bits per heavy atom. The largest absolute Gasteiger partial charge is 0.454 e. The van der Waals surface area contributed by atoms with E-state index in [9.17, 15) is 0 Å². The van der Waals surface area contributed by atoms with Crippen molar-refractivity contribution in [3.8, 4) is 11.5 Å². The highest BCUT2D eigenvalue weighted by atomic mass is 16.7. The van der Waals surface area contributed by atoms with Crippen LogP contribution in [0.15, 0.2) is 42.5 Å². The lowest BCUT2D eigenvalue weighted by molar-refractivity contribution is 0.174. The number of fused-ring (bicyclic) bond motifs is 2. The summed E-state index contributed by atoms with van der Waals surface area (Å²) in [5.74, 6) is 3.34. The number of rotatable bonds is 9. The van der Waals surface area contributed by atoms with Crippen molar-refractivity contribution < 1.29 is 9.47 Å². The number of ether oxygens (including phenoxy) is 2. The summed E-state index contributed by atoms with van der Waals surface area (Å²) >= 11 is 0. The van der Waals surface area contributed by atoms with Crippen LogP contribution in [-0.2, 0) is 13.1 Å². The number of nitrogens with one attached hydrogen (secondary N) is 1. The van der Waals surface area contributed by atoms with Crippen LogP contribution in [0.25, 0.3) is 10.9 Å². The number of aromatic nitrogens is 2. The highest BCUT2D eigenvalue weighted by molar-refractivity contribution is 5.88. The molecule has 0 saturated heterocycles. The van der Waals surface area contributed by atoms with Gasteiger partial charge >= 0.3 is 0 Å². The van der Waals surface area contributed by atoms with Crippen LogP contribution in [0, 0.1) is 0 Å². The molecule has 30 heavy (non-hydrogen) atoms. The molecule has 2 aromatic carbocycles. The second-order valence-corrected chi connectivity index (χ2v) is 7.95. The number of benzene rings is 2. The molecule has 4 rings (SSSR count). The molecule has 0 fully saturated rings. The van der Waals surface area contributed by atoms with Gasteiger partial charge in [0, 0.05) is 18.5 Å². The number of anilines is 1. The molecule has 0 bridgehead atoms. The van der Waals surface area contributed by atoms with Crippen LogP contribution in [0.2, 0.25) is 0 Å². The van der Waals surface area contributed by atoms with Gasteiger partial charge < -0.3 is 19.7 Å². The van der Waals surface area contributed by atoms with Crippen LogP contribution in [0.4, 0.5) is 5.82 Å². The van der Waals surface area contributed by atoms with Gasteiger partial charge in [-0.2, -0.15) is 0 Å². The zero-order valence-electron chi connectivity index (χ0n) is 17.9. The first-order chi connectivity index (χ1) is 14.6. The number of para-hydroxylation sites is 1. The van der Waals surface area contributed by atoms with Crippen molar-refractivity contribution in [2.75, 3.05) is 46.3 Å². The molecule has 7 nitrogen and oxygen atoms in total. The minimum absolute atomic E-state index is 0.296. The van der Waals surface area contributed by atoms with Gasteiger partial charge in [0.05, 0.1) is 12.1 Å². The molecule has 1 aliphatic heterocycles. The minimum Gasteiger partial charge on any atom is -0.454 e. The Hall–Kier alpha value is -2.90. The van der Waals surface area contributed by atoms with E-state index in [-0.39, 0.29) is 0 Å². The monoisotopic (exact) mass is 407 g/mol. The minimum atomic E-state index is 0.296. The lowest BCUT2D eigenvalue weighted by atomic mass is 10.2. The number of hydrogen-bond donors (Lipinski definition) is 1. The molecule has 3 aromatic rings. The first kappa shape index (κ1) is 20.4. The maximum atomic E-state index is 5.49. The first-order valence-corrected chi connectivity index (χ1v) is 10.3. The van der Waals surface area contributed by atoms with Crippen LogP contribution in [0.5, 0.6) is 11.5 Å². The Morgan fingerprint density at radius 3 is 2.67 bits per heavy atom. The van der Waals surface area contributed by atoms with Crippen molar-refractivity contribution in [2.24, 2.45) is 0 Å². The van der Waals surface area contributed by atoms with Crippen molar-refractivity contribution in [3.05, 3.63) is 53.9 Å². The third-order valence-electron chi connectivity index (χ3n) is 5.02. The average molecular weight is 408 g/mol. The summed E-state index contributed by atoms with van der Waals surface area (Å²) in [5, 5.41) is 4.57. The highest BCUT2D eigenvalue weighted by Crippen LogP contribution is 2.32. The molecule has 2 heterocycles. The Morgan fingerprint density at radius 2 is 1.80 bits per heavy atom. The second kappa shape index (κ2) is 9.28. The third-order valence-corrected chi connectivity index (χ3v) is 5.02. The fourth-order valence-corrected chi connectivity index (χ4v) is 3.58. The van der Waals surface area contributed by atoms with Crippen LogP contribution in [0.1, 0.15) is 17.8 Å². The van der Waals surface area contributed by atoms with E-state index >= 15 is 0 Å². The SMILES string of the molecule is CN(C)CCCNc1nc(CN(C)Cc2ccc3c(c2)OCO3)nc2ccccc12. The van der Waals surface area contributed by atoms with Gasteiger partial charge in [0.2, 0.25) is 6.79 Å². The molecular weight excluding hydrogens is 378 g/mol. The Labute approximate surface area is 177 Å². The first-order valence-electron chi connectivity index (χ1n) is 10.3. The maximum Gasteiger partial charge on any atom is 0.231 e. The highest BCUT2D eigenvalue weighted by Gasteiger charge is 2.15. The van der Waals surface area contributed by atoms with Crippen molar-refractivity contribution in [1.29, 1.82) is 0 Å². The summed E-state index contributed by atoms with van der Waals surface area (Å²) < 4.78 is 10.9. The van der Waals surface area contributed by atoms with Crippen molar-refractivity contribution in [3.63, 3.8) is 0 Å². The van der Waals surface area contributed by atoms with E-state index in [1.807, 2.05) is 30.3 Å². The second-order valence-electron chi connectivity index (χ2n) is 7.95. The number of nitrogens with zero attached hydrogens (tertiary/aromatic N) is 4. The van der Waals surface area contributed by atoms with Gasteiger partial charge in [0.15, 0.2) is 11.5 Å². The van der Waals surface area contributed by atoms with Gasteiger partial charge in [0.25, 0.3) is 0 Å². The zero-order valence-corrected chi connectivity index (χ0v) is 17.9. The third kappa shape index (κ3) is 4.98. The normalized spacial score (nSPS) is 12.8. The molecule has 0 aliphatic carbocycles. The number of hydrogen-bond acceptors (Lipinski definition) is 7. The van der Waals surface area contributed by atoms with E-state index in [0.717, 1.165) is 60.1 Å². The molecule has 0 atom stereocenters. The van der Waals surface area contributed by atoms with E-state index in [2.05, 4.69) is 48.4 Å². The van der Waals surface area contributed by atoms with Gasteiger partial charge in [0.1, 0.15) is 11.6 Å². The molecule has 7 heteroatoms. The van der Waals surface area contributed by atoms with Gasteiger partial charge in [-0.25, -0.2) is 9.97 Å². The summed E-state index contributed by atoms with van der Waals surface area (Å²) in [6, 6.07) is 14.2. The molecular formula is C23H29N5O2. The quantitative estimate of drug-likeness (QED) is 0.546. The predicted molar refractivity (Wildman–Crippen MR) is 119 cm³/mol. The molecule has 1 N–H and O–H groups in total. The van der Waals surface area contributed by atoms with E-state index in [4.69, 9.17) is 19.4 Å².